The molecule has 1 unspecified atom stereocenters. The standard InChI is InChI=1S/C15H22O3/c1-17-13-8-4-3-7-12(13)11-14(16)15(18-2)9-5-6-10-15/h3-4,7-8,14,16H,5-6,9-11H2,1-2H3. The molecule has 3 heteroatoms. The molecule has 1 N–H and O–H groups in total. The van der Waals surface area contributed by atoms with Crippen molar-refractivity contribution in [3.05, 3.63) is 29.8 Å². The van der Waals surface area contributed by atoms with Gasteiger partial charge in [-0.05, 0) is 24.5 Å². The van der Waals surface area contributed by atoms with Crippen LogP contribution in [0.4, 0.5) is 0 Å². The first kappa shape index (κ1) is 13.4. The molecule has 0 saturated heterocycles. The van der Waals surface area contributed by atoms with Gasteiger partial charge in [0.15, 0.2) is 0 Å². The summed E-state index contributed by atoms with van der Waals surface area (Å²) >= 11 is 0. The zero-order valence-electron chi connectivity index (χ0n) is 11.2. The van der Waals surface area contributed by atoms with Crippen molar-refractivity contribution in [2.45, 2.75) is 43.8 Å². The summed E-state index contributed by atoms with van der Waals surface area (Å²) in [4.78, 5) is 0. The highest BCUT2D eigenvalue weighted by atomic mass is 16.5. The Bertz CT molecular complexity index is 383. The number of aliphatic hydroxyl groups is 1. The first-order valence-corrected chi connectivity index (χ1v) is 6.57. The second-order valence-electron chi connectivity index (χ2n) is 5.01. The van der Waals surface area contributed by atoms with E-state index in [9.17, 15) is 5.11 Å². The van der Waals surface area contributed by atoms with Crippen LogP contribution < -0.4 is 4.74 Å². The van der Waals surface area contributed by atoms with E-state index < -0.39 is 6.10 Å². The molecule has 1 atom stereocenters. The van der Waals surface area contributed by atoms with Gasteiger partial charge in [-0.15, -0.1) is 0 Å². The largest absolute Gasteiger partial charge is 0.496 e. The summed E-state index contributed by atoms with van der Waals surface area (Å²) < 4.78 is 10.9. The number of benzene rings is 1. The van der Waals surface area contributed by atoms with Gasteiger partial charge in [0.05, 0.1) is 18.8 Å². The quantitative estimate of drug-likeness (QED) is 0.873. The SMILES string of the molecule is COc1ccccc1CC(O)C1(OC)CCCC1. The normalized spacial score (nSPS) is 19.7. The van der Waals surface area contributed by atoms with Crippen LogP contribution >= 0.6 is 0 Å². The monoisotopic (exact) mass is 250 g/mol. The maximum atomic E-state index is 10.5. The molecular weight excluding hydrogens is 228 g/mol. The van der Waals surface area contributed by atoms with Crippen LogP contribution in [-0.4, -0.2) is 31.0 Å². The summed E-state index contributed by atoms with van der Waals surface area (Å²) in [6.45, 7) is 0. The van der Waals surface area contributed by atoms with Gasteiger partial charge in [0, 0.05) is 13.5 Å². The molecule has 1 aliphatic rings. The Morgan fingerprint density at radius 1 is 1.22 bits per heavy atom. The van der Waals surface area contributed by atoms with E-state index in [4.69, 9.17) is 9.47 Å². The molecule has 100 valence electrons. The summed E-state index contributed by atoms with van der Waals surface area (Å²) in [5, 5.41) is 10.5. The first-order chi connectivity index (χ1) is 8.72. The van der Waals surface area contributed by atoms with Crippen molar-refractivity contribution in [2.24, 2.45) is 0 Å². The van der Waals surface area contributed by atoms with Crippen LogP contribution in [0, 0.1) is 0 Å². The maximum absolute atomic E-state index is 10.5. The summed E-state index contributed by atoms with van der Waals surface area (Å²) in [6, 6.07) is 7.84. The fourth-order valence-electron chi connectivity index (χ4n) is 2.91. The predicted octanol–water partition coefficient (Wildman–Crippen LogP) is 2.56. The molecule has 0 spiro atoms. The molecule has 0 heterocycles. The number of para-hydroxylation sites is 1. The number of aliphatic hydroxyl groups excluding tert-OH is 1. The second kappa shape index (κ2) is 5.72. The Morgan fingerprint density at radius 2 is 1.89 bits per heavy atom. The lowest BCUT2D eigenvalue weighted by Gasteiger charge is -2.33. The third-order valence-electron chi connectivity index (χ3n) is 4.07. The van der Waals surface area contributed by atoms with Crippen molar-refractivity contribution in [3.63, 3.8) is 0 Å². The Morgan fingerprint density at radius 3 is 2.50 bits per heavy atom. The van der Waals surface area contributed by atoms with Crippen LogP contribution in [0.2, 0.25) is 0 Å². The Labute approximate surface area is 109 Å². The highest BCUT2D eigenvalue weighted by molar-refractivity contribution is 5.34. The van der Waals surface area contributed by atoms with Crippen LogP contribution in [0.25, 0.3) is 0 Å². The van der Waals surface area contributed by atoms with Crippen LogP contribution in [0.1, 0.15) is 31.2 Å². The molecule has 2 rings (SSSR count). The van der Waals surface area contributed by atoms with E-state index in [0.717, 1.165) is 37.0 Å². The number of hydrogen-bond acceptors (Lipinski definition) is 3. The van der Waals surface area contributed by atoms with E-state index in [0.29, 0.717) is 6.42 Å². The molecular formula is C15H22O3. The highest BCUT2D eigenvalue weighted by Crippen LogP contribution is 2.37. The van der Waals surface area contributed by atoms with Gasteiger partial charge in [-0.3, -0.25) is 0 Å². The minimum atomic E-state index is -0.471. The number of rotatable bonds is 5. The van der Waals surface area contributed by atoms with Crippen molar-refractivity contribution in [2.75, 3.05) is 14.2 Å². The summed E-state index contributed by atoms with van der Waals surface area (Å²) in [5.74, 6) is 0.834. The molecule has 0 radical (unpaired) electrons. The second-order valence-corrected chi connectivity index (χ2v) is 5.01. The van der Waals surface area contributed by atoms with E-state index in [1.54, 1.807) is 14.2 Å². The van der Waals surface area contributed by atoms with Crippen molar-refractivity contribution < 1.29 is 14.6 Å². The Balaban J connectivity index is 2.12. The third-order valence-corrected chi connectivity index (χ3v) is 4.07. The summed E-state index contributed by atoms with van der Waals surface area (Å²) in [5.41, 5.74) is 0.678. The fraction of sp³-hybridized carbons (Fsp3) is 0.600. The maximum Gasteiger partial charge on any atom is 0.122 e. The smallest absolute Gasteiger partial charge is 0.122 e. The average Bonchev–Trinajstić information content (AvgIpc) is 2.89. The van der Waals surface area contributed by atoms with Crippen LogP contribution in [0.15, 0.2) is 24.3 Å². The minimum Gasteiger partial charge on any atom is -0.496 e. The third kappa shape index (κ3) is 2.52. The molecule has 1 aromatic carbocycles. The van der Waals surface area contributed by atoms with Gasteiger partial charge in [0.1, 0.15) is 5.75 Å². The molecule has 1 aromatic rings. The van der Waals surface area contributed by atoms with E-state index in [2.05, 4.69) is 0 Å². The van der Waals surface area contributed by atoms with Crippen LogP contribution in [0.5, 0.6) is 5.75 Å². The molecule has 18 heavy (non-hydrogen) atoms. The number of ether oxygens (including phenoxy) is 2. The predicted molar refractivity (Wildman–Crippen MR) is 70.9 cm³/mol. The number of methoxy groups -OCH3 is 2. The molecule has 1 saturated carbocycles. The van der Waals surface area contributed by atoms with E-state index >= 15 is 0 Å². The summed E-state index contributed by atoms with van der Waals surface area (Å²) in [7, 11) is 3.36. The molecule has 1 aliphatic carbocycles. The van der Waals surface area contributed by atoms with Gasteiger partial charge in [-0.1, -0.05) is 31.0 Å². The molecule has 0 aromatic heterocycles. The first-order valence-electron chi connectivity index (χ1n) is 6.57. The fourth-order valence-corrected chi connectivity index (χ4v) is 2.91. The molecule has 0 bridgehead atoms. The zero-order chi connectivity index (χ0) is 13.0. The van der Waals surface area contributed by atoms with E-state index in [1.165, 1.54) is 0 Å². The van der Waals surface area contributed by atoms with Crippen molar-refractivity contribution in [1.29, 1.82) is 0 Å². The highest BCUT2D eigenvalue weighted by Gasteiger charge is 2.40. The van der Waals surface area contributed by atoms with Crippen molar-refractivity contribution in [3.8, 4) is 5.75 Å². The van der Waals surface area contributed by atoms with Gasteiger partial charge < -0.3 is 14.6 Å². The van der Waals surface area contributed by atoms with E-state index in [1.807, 2.05) is 24.3 Å². The van der Waals surface area contributed by atoms with Gasteiger partial charge >= 0.3 is 0 Å². The van der Waals surface area contributed by atoms with Crippen LogP contribution in [0.3, 0.4) is 0 Å². The van der Waals surface area contributed by atoms with Crippen LogP contribution in [-0.2, 0) is 11.2 Å². The van der Waals surface area contributed by atoms with Gasteiger partial charge in [-0.2, -0.15) is 0 Å². The molecule has 1 fully saturated rings. The molecule has 3 nitrogen and oxygen atoms in total. The molecule has 0 amide bonds. The zero-order valence-corrected chi connectivity index (χ0v) is 11.2. The topological polar surface area (TPSA) is 38.7 Å². The van der Waals surface area contributed by atoms with Crippen molar-refractivity contribution in [1.82, 2.24) is 0 Å². The minimum absolute atomic E-state index is 0.360. The Kier molecular flexibility index (Phi) is 4.25. The van der Waals surface area contributed by atoms with Gasteiger partial charge in [-0.25, -0.2) is 0 Å². The Hall–Kier alpha value is -1.06. The average molecular weight is 250 g/mol. The lowest BCUT2D eigenvalue weighted by molar-refractivity contribution is -0.0972. The number of hydrogen-bond donors (Lipinski definition) is 1. The van der Waals surface area contributed by atoms with E-state index in [-0.39, 0.29) is 5.60 Å². The lowest BCUT2D eigenvalue weighted by atomic mass is 9.89. The lowest BCUT2D eigenvalue weighted by Crippen LogP contribution is -2.42. The molecule has 0 aliphatic heterocycles. The van der Waals surface area contributed by atoms with Crippen molar-refractivity contribution >= 4 is 0 Å². The van der Waals surface area contributed by atoms with Gasteiger partial charge in [0.25, 0.3) is 0 Å². The van der Waals surface area contributed by atoms with Gasteiger partial charge in [0.2, 0.25) is 0 Å². The summed E-state index contributed by atoms with van der Waals surface area (Å²) in [6.07, 6.45) is 4.27.